The van der Waals surface area contributed by atoms with Gasteiger partial charge >= 0.3 is 0 Å². The second-order valence-electron chi connectivity index (χ2n) is 4.69. The number of rotatable bonds is 5. The lowest BCUT2D eigenvalue weighted by Gasteiger charge is -2.25. The smallest absolute Gasteiger partial charge is 0.0889 e. The molecule has 1 heterocycles. The first-order valence-electron chi connectivity index (χ1n) is 6.68. The predicted molar refractivity (Wildman–Crippen MR) is 87.0 cm³/mol. The van der Waals surface area contributed by atoms with Gasteiger partial charge in [-0.1, -0.05) is 29.3 Å². The highest BCUT2D eigenvalue weighted by Gasteiger charge is 2.26. The first-order valence-corrected chi connectivity index (χ1v) is 7.44. The van der Waals surface area contributed by atoms with Crippen LogP contribution in [0.25, 0.3) is 0 Å². The molecule has 0 spiro atoms. The monoisotopic (exact) mass is 355 g/mol. The van der Waals surface area contributed by atoms with Gasteiger partial charge in [-0.15, -0.1) is 12.4 Å². The van der Waals surface area contributed by atoms with Crippen LogP contribution in [0.15, 0.2) is 18.2 Å². The molecule has 0 bridgehead atoms. The Morgan fingerprint density at radius 1 is 1.33 bits per heavy atom. The number of aliphatic hydroxyl groups is 1. The number of ether oxygens (including phenoxy) is 2. The number of halogens is 3. The Morgan fingerprint density at radius 2 is 2.14 bits per heavy atom. The van der Waals surface area contributed by atoms with Crippen molar-refractivity contribution < 1.29 is 14.6 Å². The second-order valence-corrected chi connectivity index (χ2v) is 5.51. The van der Waals surface area contributed by atoms with Crippen molar-refractivity contribution in [1.29, 1.82) is 0 Å². The maximum absolute atomic E-state index is 8.79. The molecule has 2 rings (SSSR count). The van der Waals surface area contributed by atoms with E-state index in [0.717, 1.165) is 18.7 Å². The number of hydrogen-bond acceptors (Lipinski definition) is 4. The first-order chi connectivity index (χ1) is 9.72. The SMILES string of the molecule is Cl.OCCOCC1OCCNCC1c1ccc(Cl)c(Cl)c1. The van der Waals surface area contributed by atoms with Crippen molar-refractivity contribution in [3.8, 4) is 0 Å². The molecule has 1 aliphatic heterocycles. The van der Waals surface area contributed by atoms with Gasteiger partial charge in [0.25, 0.3) is 0 Å². The van der Waals surface area contributed by atoms with Crippen LogP contribution in [0, 0.1) is 0 Å². The van der Waals surface area contributed by atoms with E-state index in [1.54, 1.807) is 6.07 Å². The third kappa shape index (κ3) is 5.57. The normalized spacial score (nSPS) is 22.4. The van der Waals surface area contributed by atoms with Gasteiger partial charge in [-0.3, -0.25) is 0 Å². The Labute approximate surface area is 141 Å². The predicted octanol–water partition coefficient (Wildman–Crippen LogP) is 2.50. The van der Waals surface area contributed by atoms with Gasteiger partial charge in [0, 0.05) is 19.0 Å². The molecule has 4 nitrogen and oxygen atoms in total. The van der Waals surface area contributed by atoms with E-state index in [1.807, 2.05) is 12.1 Å². The molecule has 21 heavy (non-hydrogen) atoms. The number of aliphatic hydroxyl groups excluding tert-OH is 1. The van der Waals surface area contributed by atoms with Crippen LogP contribution in [0.4, 0.5) is 0 Å². The van der Waals surface area contributed by atoms with Crippen LogP contribution in [0.1, 0.15) is 11.5 Å². The molecule has 2 N–H and O–H groups in total. The van der Waals surface area contributed by atoms with Crippen molar-refractivity contribution >= 4 is 35.6 Å². The average molecular weight is 357 g/mol. The van der Waals surface area contributed by atoms with Crippen LogP contribution in [-0.4, -0.2) is 50.7 Å². The molecular formula is C14H20Cl3NO3. The summed E-state index contributed by atoms with van der Waals surface area (Å²) in [5, 5.41) is 13.2. The van der Waals surface area contributed by atoms with Crippen molar-refractivity contribution in [1.82, 2.24) is 5.32 Å². The highest BCUT2D eigenvalue weighted by Crippen LogP contribution is 2.29. The maximum atomic E-state index is 8.79. The molecule has 0 radical (unpaired) electrons. The molecule has 1 aromatic carbocycles. The minimum Gasteiger partial charge on any atom is -0.394 e. The quantitative estimate of drug-likeness (QED) is 0.796. The molecule has 0 aromatic heterocycles. The van der Waals surface area contributed by atoms with Gasteiger partial charge in [-0.05, 0) is 17.7 Å². The average Bonchev–Trinajstić information content (AvgIpc) is 2.68. The summed E-state index contributed by atoms with van der Waals surface area (Å²) < 4.78 is 11.3. The number of benzene rings is 1. The van der Waals surface area contributed by atoms with E-state index in [0.29, 0.717) is 29.9 Å². The zero-order valence-electron chi connectivity index (χ0n) is 11.6. The largest absolute Gasteiger partial charge is 0.394 e. The van der Waals surface area contributed by atoms with E-state index >= 15 is 0 Å². The topological polar surface area (TPSA) is 50.7 Å². The minimum absolute atomic E-state index is 0. The summed E-state index contributed by atoms with van der Waals surface area (Å²) in [7, 11) is 0. The van der Waals surface area contributed by atoms with Crippen LogP contribution in [0.3, 0.4) is 0 Å². The Morgan fingerprint density at radius 3 is 2.86 bits per heavy atom. The van der Waals surface area contributed by atoms with Gasteiger partial charge in [0.2, 0.25) is 0 Å². The summed E-state index contributed by atoms with van der Waals surface area (Å²) in [5.74, 6) is 0.144. The van der Waals surface area contributed by atoms with E-state index in [2.05, 4.69) is 5.32 Å². The van der Waals surface area contributed by atoms with Gasteiger partial charge in [-0.2, -0.15) is 0 Å². The lowest BCUT2D eigenvalue weighted by Crippen LogP contribution is -2.31. The second kappa shape index (κ2) is 9.85. The minimum atomic E-state index is -0.0613. The summed E-state index contributed by atoms with van der Waals surface area (Å²) in [5.41, 5.74) is 1.08. The van der Waals surface area contributed by atoms with Crippen molar-refractivity contribution in [2.24, 2.45) is 0 Å². The fraction of sp³-hybridized carbons (Fsp3) is 0.571. The summed E-state index contributed by atoms with van der Waals surface area (Å²) >= 11 is 12.1. The van der Waals surface area contributed by atoms with Gasteiger partial charge in [0.15, 0.2) is 0 Å². The third-order valence-corrected chi connectivity index (χ3v) is 4.05. The Hall–Kier alpha value is -0.0700. The summed E-state index contributed by atoms with van der Waals surface area (Å²) in [6.07, 6.45) is -0.0613. The fourth-order valence-corrected chi connectivity index (χ4v) is 2.60. The van der Waals surface area contributed by atoms with Crippen LogP contribution in [-0.2, 0) is 9.47 Å². The van der Waals surface area contributed by atoms with E-state index in [-0.39, 0.29) is 31.0 Å². The molecule has 0 saturated carbocycles. The molecule has 0 aliphatic carbocycles. The van der Waals surface area contributed by atoms with E-state index < -0.39 is 0 Å². The molecule has 2 unspecified atom stereocenters. The molecular weight excluding hydrogens is 337 g/mol. The lowest BCUT2D eigenvalue weighted by atomic mass is 9.93. The molecule has 1 fully saturated rings. The van der Waals surface area contributed by atoms with Gasteiger partial charge in [0.05, 0.1) is 42.6 Å². The molecule has 7 heteroatoms. The van der Waals surface area contributed by atoms with Crippen molar-refractivity contribution in [3.05, 3.63) is 33.8 Å². The number of hydrogen-bond donors (Lipinski definition) is 2. The third-order valence-electron chi connectivity index (χ3n) is 3.31. The molecule has 120 valence electrons. The van der Waals surface area contributed by atoms with E-state index in [4.69, 9.17) is 37.8 Å². The zero-order chi connectivity index (χ0) is 14.4. The van der Waals surface area contributed by atoms with E-state index in [1.165, 1.54) is 0 Å². The van der Waals surface area contributed by atoms with Crippen LogP contribution < -0.4 is 5.32 Å². The van der Waals surface area contributed by atoms with Crippen LogP contribution >= 0.6 is 35.6 Å². The molecule has 1 aliphatic rings. The standard InChI is InChI=1S/C14H19Cl2NO3.ClH/c15-12-2-1-10(7-13(12)16)11-8-17-3-5-20-14(11)9-19-6-4-18;/h1-2,7,11,14,17-18H,3-6,8-9H2;1H. The fourth-order valence-electron chi connectivity index (χ4n) is 2.29. The van der Waals surface area contributed by atoms with E-state index in [9.17, 15) is 0 Å². The molecule has 2 atom stereocenters. The lowest BCUT2D eigenvalue weighted by molar-refractivity contribution is -0.0262. The van der Waals surface area contributed by atoms with Crippen molar-refractivity contribution in [3.63, 3.8) is 0 Å². The van der Waals surface area contributed by atoms with Gasteiger partial charge < -0.3 is 19.9 Å². The van der Waals surface area contributed by atoms with Crippen LogP contribution in [0.2, 0.25) is 10.0 Å². The summed E-state index contributed by atoms with van der Waals surface area (Å²) in [6, 6.07) is 5.65. The summed E-state index contributed by atoms with van der Waals surface area (Å²) in [6.45, 7) is 3.04. The van der Waals surface area contributed by atoms with Gasteiger partial charge in [0.1, 0.15) is 0 Å². The zero-order valence-corrected chi connectivity index (χ0v) is 13.9. The Balaban J connectivity index is 0.00000220. The Bertz CT molecular complexity index is 434. The van der Waals surface area contributed by atoms with Gasteiger partial charge in [-0.25, -0.2) is 0 Å². The summed E-state index contributed by atoms with van der Waals surface area (Å²) in [4.78, 5) is 0. The van der Waals surface area contributed by atoms with Crippen molar-refractivity contribution in [2.75, 3.05) is 39.5 Å². The number of nitrogens with one attached hydrogen (secondary N) is 1. The molecule has 1 aromatic rings. The Kier molecular flexibility index (Phi) is 8.90. The highest BCUT2D eigenvalue weighted by atomic mass is 35.5. The molecule has 1 saturated heterocycles. The first kappa shape index (κ1) is 19.0. The molecule has 0 amide bonds. The van der Waals surface area contributed by atoms with Crippen molar-refractivity contribution in [2.45, 2.75) is 12.0 Å². The highest BCUT2D eigenvalue weighted by molar-refractivity contribution is 6.42. The maximum Gasteiger partial charge on any atom is 0.0889 e. The van der Waals surface area contributed by atoms with Crippen LogP contribution in [0.5, 0.6) is 0 Å².